The van der Waals surface area contributed by atoms with E-state index in [2.05, 4.69) is 31.1 Å². The zero-order chi connectivity index (χ0) is 11.3. The molecule has 3 heteroatoms. The van der Waals surface area contributed by atoms with Gasteiger partial charge in [-0.15, -0.1) is 0 Å². The molecule has 1 aliphatic heterocycles. The molecule has 0 saturated carbocycles. The standard InChI is InChI=1S/C12H26N2O/c1-10(9-15-4)14-7-5-6-12(8-14)11(2)13-3/h10-13H,5-9H2,1-4H3. The predicted molar refractivity (Wildman–Crippen MR) is 64.2 cm³/mol. The van der Waals surface area contributed by atoms with Gasteiger partial charge in [0, 0.05) is 25.7 Å². The number of likely N-dealkylation sites (tertiary alicyclic amines) is 1. The lowest BCUT2D eigenvalue weighted by atomic mass is 9.91. The van der Waals surface area contributed by atoms with Crippen LogP contribution in [-0.4, -0.2) is 50.8 Å². The third-order valence-corrected chi connectivity index (χ3v) is 3.68. The largest absolute Gasteiger partial charge is 0.383 e. The zero-order valence-corrected chi connectivity index (χ0v) is 10.6. The zero-order valence-electron chi connectivity index (χ0n) is 10.6. The Kier molecular flexibility index (Phi) is 5.58. The van der Waals surface area contributed by atoms with Gasteiger partial charge < -0.3 is 10.1 Å². The minimum absolute atomic E-state index is 0.557. The van der Waals surface area contributed by atoms with Crippen molar-refractivity contribution in [1.82, 2.24) is 10.2 Å². The van der Waals surface area contributed by atoms with Crippen LogP contribution in [0, 0.1) is 5.92 Å². The highest BCUT2D eigenvalue weighted by molar-refractivity contribution is 4.81. The summed E-state index contributed by atoms with van der Waals surface area (Å²) in [6.45, 7) is 7.84. The van der Waals surface area contributed by atoms with E-state index in [9.17, 15) is 0 Å². The van der Waals surface area contributed by atoms with Crippen molar-refractivity contribution >= 4 is 0 Å². The van der Waals surface area contributed by atoms with Gasteiger partial charge in [-0.2, -0.15) is 0 Å². The Labute approximate surface area is 94.2 Å². The van der Waals surface area contributed by atoms with Crippen molar-refractivity contribution in [2.75, 3.05) is 33.9 Å². The summed E-state index contributed by atoms with van der Waals surface area (Å²) < 4.78 is 5.22. The van der Waals surface area contributed by atoms with Crippen LogP contribution in [0.4, 0.5) is 0 Å². The normalized spacial score (nSPS) is 27.6. The fourth-order valence-corrected chi connectivity index (χ4v) is 2.43. The van der Waals surface area contributed by atoms with Gasteiger partial charge in [-0.1, -0.05) is 0 Å². The van der Waals surface area contributed by atoms with Crippen molar-refractivity contribution in [2.45, 2.75) is 38.8 Å². The van der Waals surface area contributed by atoms with Gasteiger partial charge in [0.05, 0.1) is 6.61 Å². The molecule has 1 rings (SSSR count). The summed E-state index contributed by atoms with van der Waals surface area (Å²) in [6.07, 6.45) is 2.68. The van der Waals surface area contributed by atoms with Crippen molar-refractivity contribution in [3.05, 3.63) is 0 Å². The van der Waals surface area contributed by atoms with Gasteiger partial charge >= 0.3 is 0 Å². The number of nitrogens with one attached hydrogen (secondary N) is 1. The molecule has 0 amide bonds. The van der Waals surface area contributed by atoms with Crippen LogP contribution in [0.3, 0.4) is 0 Å². The second kappa shape index (κ2) is 6.46. The molecule has 0 aromatic carbocycles. The van der Waals surface area contributed by atoms with Crippen molar-refractivity contribution < 1.29 is 4.74 Å². The lowest BCUT2D eigenvalue weighted by Crippen LogP contribution is -2.47. The van der Waals surface area contributed by atoms with E-state index >= 15 is 0 Å². The molecule has 0 aromatic heterocycles. The first-order valence-electron chi connectivity index (χ1n) is 6.09. The Hall–Kier alpha value is -0.120. The van der Waals surface area contributed by atoms with Crippen molar-refractivity contribution in [2.24, 2.45) is 5.92 Å². The molecule has 90 valence electrons. The first kappa shape index (κ1) is 12.9. The fraction of sp³-hybridized carbons (Fsp3) is 1.00. The fourth-order valence-electron chi connectivity index (χ4n) is 2.43. The molecular weight excluding hydrogens is 188 g/mol. The van der Waals surface area contributed by atoms with E-state index < -0.39 is 0 Å². The quantitative estimate of drug-likeness (QED) is 0.747. The highest BCUT2D eigenvalue weighted by Crippen LogP contribution is 2.21. The van der Waals surface area contributed by atoms with Crippen molar-refractivity contribution in [3.8, 4) is 0 Å². The van der Waals surface area contributed by atoms with Gasteiger partial charge in [-0.3, -0.25) is 4.90 Å². The van der Waals surface area contributed by atoms with E-state index in [4.69, 9.17) is 4.74 Å². The maximum absolute atomic E-state index is 5.22. The topological polar surface area (TPSA) is 24.5 Å². The van der Waals surface area contributed by atoms with E-state index in [0.717, 1.165) is 12.5 Å². The summed E-state index contributed by atoms with van der Waals surface area (Å²) in [5.74, 6) is 0.794. The maximum Gasteiger partial charge on any atom is 0.0615 e. The minimum atomic E-state index is 0.557. The molecule has 1 aliphatic rings. The van der Waals surface area contributed by atoms with Crippen LogP contribution in [0.15, 0.2) is 0 Å². The van der Waals surface area contributed by atoms with E-state index in [1.807, 2.05) is 0 Å². The van der Waals surface area contributed by atoms with Crippen LogP contribution in [0.5, 0.6) is 0 Å². The van der Waals surface area contributed by atoms with Gasteiger partial charge in [-0.05, 0) is 46.2 Å². The number of hydrogen-bond donors (Lipinski definition) is 1. The number of rotatable bonds is 5. The van der Waals surface area contributed by atoms with Crippen LogP contribution < -0.4 is 5.32 Å². The van der Waals surface area contributed by atoms with E-state index in [1.165, 1.54) is 25.9 Å². The first-order chi connectivity index (χ1) is 7.19. The Balaban J connectivity index is 2.41. The highest BCUT2D eigenvalue weighted by Gasteiger charge is 2.26. The second-order valence-electron chi connectivity index (χ2n) is 4.78. The maximum atomic E-state index is 5.22. The van der Waals surface area contributed by atoms with E-state index in [0.29, 0.717) is 12.1 Å². The van der Waals surface area contributed by atoms with Gasteiger partial charge in [0.25, 0.3) is 0 Å². The number of piperidine rings is 1. The molecule has 0 spiro atoms. The molecule has 1 fully saturated rings. The highest BCUT2D eigenvalue weighted by atomic mass is 16.5. The summed E-state index contributed by atoms with van der Waals surface area (Å²) in [6, 6.07) is 1.18. The predicted octanol–water partition coefficient (Wildman–Crippen LogP) is 1.34. The average Bonchev–Trinajstić information content (AvgIpc) is 2.28. The monoisotopic (exact) mass is 214 g/mol. The van der Waals surface area contributed by atoms with E-state index in [1.54, 1.807) is 7.11 Å². The Morgan fingerprint density at radius 1 is 1.47 bits per heavy atom. The van der Waals surface area contributed by atoms with Gasteiger partial charge in [0.2, 0.25) is 0 Å². The summed E-state index contributed by atoms with van der Waals surface area (Å²) in [5.41, 5.74) is 0. The van der Waals surface area contributed by atoms with Crippen LogP contribution >= 0.6 is 0 Å². The number of hydrogen-bond acceptors (Lipinski definition) is 3. The van der Waals surface area contributed by atoms with Gasteiger partial charge in [-0.25, -0.2) is 0 Å². The van der Waals surface area contributed by atoms with Crippen LogP contribution in [0.1, 0.15) is 26.7 Å². The molecule has 1 N–H and O–H groups in total. The molecule has 0 aromatic rings. The smallest absolute Gasteiger partial charge is 0.0615 e. The summed E-state index contributed by atoms with van der Waals surface area (Å²) >= 11 is 0. The molecule has 3 atom stereocenters. The Bertz CT molecular complexity index is 175. The molecule has 0 bridgehead atoms. The third kappa shape index (κ3) is 3.74. The van der Waals surface area contributed by atoms with Crippen molar-refractivity contribution in [3.63, 3.8) is 0 Å². The van der Waals surface area contributed by atoms with Gasteiger partial charge in [0.15, 0.2) is 0 Å². The second-order valence-corrected chi connectivity index (χ2v) is 4.78. The molecule has 1 heterocycles. The lowest BCUT2D eigenvalue weighted by molar-refractivity contribution is 0.0615. The summed E-state index contributed by atoms with van der Waals surface area (Å²) in [7, 11) is 3.84. The number of methoxy groups -OCH3 is 1. The molecule has 3 nitrogen and oxygen atoms in total. The van der Waals surface area contributed by atoms with Crippen molar-refractivity contribution in [1.29, 1.82) is 0 Å². The van der Waals surface area contributed by atoms with Crippen LogP contribution in [0.2, 0.25) is 0 Å². The molecule has 3 unspecified atom stereocenters. The van der Waals surface area contributed by atoms with Gasteiger partial charge in [0.1, 0.15) is 0 Å². The van der Waals surface area contributed by atoms with Crippen LogP contribution in [-0.2, 0) is 4.74 Å². The summed E-state index contributed by atoms with van der Waals surface area (Å²) in [5, 5.41) is 3.37. The molecule has 0 aliphatic carbocycles. The molecule has 15 heavy (non-hydrogen) atoms. The molecule has 1 saturated heterocycles. The Morgan fingerprint density at radius 2 is 2.20 bits per heavy atom. The molecule has 0 radical (unpaired) electrons. The van der Waals surface area contributed by atoms with E-state index in [-0.39, 0.29) is 0 Å². The first-order valence-corrected chi connectivity index (χ1v) is 6.09. The Morgan fingerprint density at radius 3 is 2.80 bits per heavy atom. The molecular formula is C12H26N2O. The van der Waals surface area contributed by atoms with Crippen LogP contribution in [0.25, 0.3) is 0 Å². The summed E-state index contributed by atoms with van der Waals surface area (Å²) in [4.78, 5) is 2.56. The average molecular weight is 214 g/mol. The number of nitrogens with zero attached hydrogens (tertiary/aromatic N) is 1. The minimum Gasteiger partial charge on any atom is -0.383 e. The lowest BCUT2D eigenvalue weighted by Gasteiger charge is -2.38. The number of ether oxygens (including phenoxy) is 1. The third-order valence-electron chi connectivity index (χ3n) is 3.68. The SMILES string of the molecule is CNC(C)C1CCCN(C(C)COC)C1.